The van der Waals surface area contributed by atoms with Crippen molar-refractivity contribution in [1.29, 1.82) is 0 Å². The van der Waals surface area contributed by atoms with Crippen molar-refractivity contribution in [3.05, 3.63) is 15.6 Å². The predicted molar refractivity (Wildman–Crippen MR) is 85.4 cm³/mol. The van der Waals surface area contributed by atoms with Crippen molar-refractivity contribution in [3.63, 3.8) is 0 Å². The highest BCUT2D eigenvalue weighted by molar-refractivity contribution is 7.11. The molecule has 20 heavy (non-hydrogen) atoms. The Morgan fingerprint density at radius 2 is 2.20 bits per heavy atom. The van der Waals surface area contributed by atoms with Gasteiger partial charge in [-0.15, -0.1) is 11.3 Å². The largest absolute Gasteiger partial charge is 0.314 e. The number of hydrogen-bond acceptors (Lipinski definition) is 4. The minimum absolute atomic E-state index is 0.498. The Bertz CT molecular complexity index is 437. The third-order valence-electron chi connectivity index (χ3n) is 4.81. The molecule has 2 heterocycles. The van der Waals surface area contributed by atoms with Crippen LogP contribution in [0.15, 0.2) is 0 Å². The quantitative estimate of drug-likeness (QED) is 0.925. The van der Waals surface area contributed by atoms with Gasteiger partial charge in [0.2, 0.25) is 0 Å². The fourth-order valence-electron chi connectivity index (χ4n) is 3.52. The lowest BCUT2D eigenvalue weighted by Crippen LogP contribution is -2.44. The van der Waals surface area contributed by atoms with Gasteiger partial charge in [0.15, 0.2) is 0 Å². The fraction of sp³-hybridized carbons (Fsp3) is 0.812. The number of thiazole rings is 1. The molecule has 1 N–H and O–H groups in total. The van der Waals surface area contributed by atoms with Crippen LogP contribution in [0.2, 0.25) is 0 Å². The Kier molecular flexibility index (Phi) is 4.74. The van der Waals surface area contributed by atoms with Gasteiger partial charge in [0.25, 0.3) is 0 Å². The van der Waals surface area contributed by atoms with Gasteiger partial charge in [0, 0.05) is 31.1 Å². The summed E-state index contributed by atoms with van der Waals surface area (Å²) >= 11 is 1.99. The van der Waals surface area contributed by atoms with Crippen molar-refractivity contribution in [1.82, 2.24) is 15.2 Å². The van der Waals surface area contributed by atoms with Crippen LogP contribution in [0, 0.1) is 5.92 Å². The molecule has 4 heteroatoms. The second-order valence-corrected chi connectivity index (χ2v) is 7.40. The highest BCUT2D eigenvalue weighted by Crippen LogP contribution is 2.35. The number of nitrogens with zero attached hydrogens (tertiary/aromatic N) is 2. The molecular weight excluding hydrogens is 266 g/mol. The summed E-state index contributed by atoms with van der Waals surface area (Å²) in [5.41, 5.74) is 1.42. The number of piperazine rings is 1. The molecule has 1 aliphatic heterocycles. The van der Waals surface area contributed by atoms with Gasteiger partial charge in [-0.1, -0.05) is 19.8 Å². The zero-order chi connectivity index (χ0) is 13.9. The molecule has 0 bridgehead atoms. The summed E-state index contributed by atoms with van der Waals surface area (Å²) in [7, 11) is 0. The van der Waals surface area contributed by atoms with Crippen molar-refractivity contribution in [2.45, 2.75) is 52.0 Å². The van der Waals surface area contributed by atoms with Crippen LogP contribution in [-0.2, 0) is 12.8 Å². The van der Waals surface area contributed by atoms with Crippen molar-refractivity contribution in [3.8, 4) is 0 Å². The first-order valence-electron chi connectivity index (χ1n) is 8.21. The van der Waals surface area contributed by atoms with Crippen LogP contribution in [0.25, 0.3) is 0 Å². The Morgan fingerprint density at radius 3 is 2.95 bits per heavy atom. The average Bonchev–Trinajstić information content (AvgIpc) is 2.91. The third kappa shape index (κ3) is 3.07. The molecule has 0 aromatic carbocycles. The van der Waals surface area contributed by atoms with E-state index in [0.717, 1.165) is 32.1 Å². The van der Waals surface area contributed by atoms with Crippen LogP contribution in [0.5, 0.6) is 0 Å². The van der Waals surface area contributed by atoms with Gasteiger partial charge < -0.3 is 5.32 Å². The number of hydrogen-bond donors (Lipinski definition) is 1. The van der Waals surface area contributed by atoms with E-state index in [0.29, 0.717) is 6.04 Å². The van der Waals surface area contributed by atoms with E-state index in [2.05, 4.69) is 24.1 Å². The molecule has 2 atom stereocenters. The molecule has 0 spiro atoms. The summed E-state index contributed by atoms with van der Waals surface area (Å²) in [5, 5.41) is 4.79. The summed E-state index contributed by atoms with van der Waals surface area (Å²) in [5.74, 6) is 0.912. The Morgan fingerprint density at radius 1 is 1.40 bits per heavy atom. The van der Waals surface area contributed by atoms with E-state index >= 15 is 0 Å². The first kappa shape index (κ1) is 14.5. The zero-order valence-electron chi connectivity index (χ0n) is 12.8. The minimum atomic E-state index is 0.498. The molecule has 2 aliphatic rings. The van der Waals surface area contributed by atoms with Crippen LogP contribution in [0.1, 0.15) is 54.7 Å². The van der Waals surface area contributed by atoms with E-state index in [1.807, 2.05) is 11.3 Å². The van der Waals surface area contributed by atoms with Gasteiger partial charge in [-0.05, 0) is 32.1 Å². The van der Waals surface area contributed by atoms with E-state index in [1.54, 1.807) is 4.88 Å². The highest BCUT2D eigenvalue weighted by atomic mass is 32.1. The summed E-state index contributed by atoms with van der Waals surface area (Å²) in [4.78, 5) is 9.14. The normalized spacial score (nSPS) is 25.4. The molecule has 3 nitrogen and oxygen atoms in total. The minimum Gasteiger partial charge on any atom is -0.314 e. The van der Waals surface area contributed by atoms with Crippen LogP contribution in [-0.4, -0.2) is 36.1 Å². The van der Waals surface area contributed by atoms with E-state index in [9.17, 15) is 0 Å². The molecular formula is C16H27N3S. The molecule has 1 fully saturated rings. The summed E-state index contributed by atoms with van der Waals surface area (Å²) in [6.45, 7) is 9.19. The lowest BCUT2D eigenvalue weighted by molar-refractivity contribution is 0.185. The second kappa shape index (κ2) is 6.54. The first-order valence-corrected chi connectivity index (χ1v) is 9.02. The monoisotopic (exact) mass is 293 g/mol. The molecule has 2 unspecified atom stereocenters. The summed E-state index contributed by atoms with van der Waals surface area (Å²) < 4.78 is 0. The fourth-order valence-corrected chi connectivity index (χ4v) is 4.83. The number of fused-ring (bicyclic) bond motifs is 1. The van der Waals surface area contributed by atoms with Gasteiger partial charge in [-0.2, -0.15) is 0 Å². The Hall–Kier alpha value is -0.450. The van der Waals surface area contributed by atoms with Crippen LogP contribution in [0.4, 0.5) is 0 Å². The molecule has 1 saturated heterocycles. The molecule has 112 valence electrons. The van der Waals surface area contributed by atoms with Crippen LogP contribution in [0.3, 0.4) is 0 Å². The second-order valence-electron chi connectivity index (χ2n) is 6.28. The first-order chi connectivity index (χ1) is 9.78. The van der Waals surface area contributed by atoms with Gasteiger partial charge in [0.1, 0.15) is 5.01 Å². The molecule has 1 aromatic rings. The maximum absolute atomic E-state index is 4.98. The van der Waals surface area contributed by atoms with Crippen molar-refractivity contribution >= 4 is 11.3 Å². The average molecular weight is 293 g/mol. The topological polar surface area (TPSA) is 28.2 Å². The zero-order valence-corrected chi connectivity index (χ0v) is 13.6. The molecule has 0 amide bonds. The molecule has 0 radical (unpaired) electrons. The summed E-state index contributed by atoms with van der Waals surface area (Å²) in [6.07, 6.45) is 6.56. The lowest BCUT2D eigenvalue weighted by Gasteiger charge is -2.31. The molecule has 1 aliphatic carbocycles. The smallest absolute Gasteiger partial charge is 0.110 e. The van der Waals surface area contributed by atoms with Gasteiger partial charge in [-0.3, -0.25) is 4.90 Å². The third-order valence-corrected chi connectivity index (χ3v) is 6.10. The van der Waals surface area contributed by atoms with Gasteiger partial charge in [-0.25, -0.2) is 4.98 Å². The van der Waals surface area contributed by atoms with E-state index < -0.39 is 0 Å². The summed E-state index contributed by atoms with van der Waals surface area (Å²) in [6, 6.07) is 0.498. The van der Waals surface area contributed by atoms with Gasteiger partial charge >= 0.3 is 0 Å². The Balaban J connectivity index is 1.69. The van der Waals surface area contributed by atoms with E-state index in [1.165, 1.54) is 42.8 Å². The molecule has 1 aromatic heterocycles. The number of rotatable bonds is 4. The standard InChI is InChI=1S/C16H27N3S/c1-3-4-13-5-6-14-15(11-13)20-16(18-14)12(2)19-9-7-17-8-10-19/h12-13,17H,3-11H2,1-2H3. The van der Waals surface area contributed by atoms with Crippen LogP contribution >= 0.6 is 11.3 Å². The predicted octanol–water partition coefficient (Wildman–Crippen LogP) is 3.01. The lowest BCUT2D eigenvalue weighted by atomic mass is 9.88. The van der Waals surface area contributed by atoms with Crippen molar-refractivity contribution < 1.29 is 0 Å². The highest BCUT2D eigenvalue weighted by Gasteiger charge is 2.26. The van der Waals surface area contributed by atoms with Crippen molar-refractivity contribution in [2.75, 3.05) is 26.2 Å². The SMILES string of the molecule is CCCC1CCc2nc(C(C)N3CCNCC3)sc2C1. The number of aromatic nitrogens is 1. The number of aryl methyl sites for hydroxylation is 1. The van der Waals surface area contributed by atoms with Crippen LogP contribution < -0.4 is 5.32 Å². The van der Waals surface area contributed by atoms with E-state index in [-0.39, 0.29) is 0 Å². The maximum atomic E-state index is 4.98. The van der Waals surface area contributed by atoms with Gasteiger partial charge in [0.05, 0.1) is 11.7 Å². The number of nitrogens with one attached hydrogen (secondary N) is 1. The maximum Gasteiger partial charge on any atom is 0.110 e. The molecule has 0 saturated carbocycles. The molecule has 3 rings (SSSR count). The Labute approximate surface area is 126 Å². The van der Waals surface area contributed by atoms with Crippen molar-refractivity contribution in [2.24, 2.45) is 5.92 Å². The van der Waals surface area contributed by atoms with E-state index in [4.69, 9.17) is 4.98 Å².